The highest BCUT2D eigenvalue weighted by Crippen LogP contribution is 2.32. The number of non-ortho nitro benzene ring substituents is 1. The van der Waals surface area contributed by atoms with Crippen LogP contribution in [0.5, 0.6) is 0 Å². The first-order chi connectivity index (χ1) is 18.1. The lowest BCUT2D eigenvalue weighted by Crippen LogP contribution is -2.49. The van der Waals surface area contributed by atoms with Gasteiger partial charge in [0.15, 0.2) is 10.3 Å². The number of thioether (sulfide) groups is 1. The number of anilines is 1. The van der Waals surface area contributed by atoms with E-state index in [1.54, 1.807) is 12.1 Å². The molecular formula is C26H22N6O3S2. The van der Waals surface area contributed by atoms with E-state index < -0.39 is 4.92 Å². The Morgan fingerprint density at radius 3 is 2.49 bits per heavy atom. The highest BCUT2D eigenvalue weighted by Gasteiger charge is 2.24. The number of thiazole rings is 1. The van der Waals surface area contributed by atoms with E-state index in [1.807, 2.05) is 59.5 Å². The van der Waals surface area contributed by atoms with Crippen molar-refractivity contribution in [3.63, 3.8) is 0 Å². The second kappa shape index (κ2) is 9.83. The average Bonchev–Trinajstić information content (AvgIpc) is 3.53. The molecule has 1 fully saturated rings. The first-order valence-corrected chi connectivity index (χ1v) is 13.6. The lowest BCUT2D eigenvalue weighted by molar-refractivity contribution is -0.384. The van der Waals surface area contributed by atoms with E-state index in [4.69, 9.17) is 4.98 Å². The monoisotopic (exact) mass is 530 g/mol. The van der Waals surface area contributed by atoms with Crippen molar-refractivity contribution in [1.82, 2.24) is 19.4 Å². The number of nitro benzene ring substituents is 1. The van der Waals surface area contributed by atoms with Gasteiger partial charge in [-0.3, -0.25) is 19.5 Å². The Morgan fingerprint density at radius 1 is 0.946 bits per heavy atom. The van der Waals surface area contributed by atoms with Gasteiger partial charge in [-0.2, -0.15) is 0 Å². The van der Waals surface area contributed by atoms with Crippen LogP contribution in [0.4, 0.5) is 10.8 Å². The molecule has 5 aromatic rings. The molecule has 0 unspecified atom stereocenters. The van der Waals surface area contributed by atoms with Crippen LogP contribution in [0.2, 0.25) is 0 Å². The number of benzene rings is 3. The highest BCUT2D eigenvalue weighted by atomic mass is 32.2. The number of nitrogens with zero attached hydrogens (tertiary/aromatic N) is 6. The van der Waals surface area contributed by atoms with Gasteiger partial charge in [0.1, 0.15) is 0 Å². The molecule has 0 saturated carbocycles. The van der Waals surface area contributed by atoms with Crippen molar-refractivity contribution in [2.45, 2.75) is 5.16 Å². The molecule has 1 amide bonds. The summed E-state index contributed by atoms with van der Waals surface area (Å²) in [5.41, 5.74) is 3.74. The molecule has 1 aliphatic heterocycles. The number of para-hydroxylation sites is 3. The molecule has 37 heavy (non-hydrogen) atoms. The van der Waals surface area contributed by atoms with Crippen LogP contribution < -0.4 is 4.90 Å². The minimum Gasteiger partial charge on any atom is -0.345 e. The maximum atomic E-state index is 13.1. The third kappa shape index (κ3) is 4.63. The van der Waals surface area contributed by atoms with Gasteiger partial charge in [0.05, 0.1) is 31.9 Å². The summed E-state index contributed by atoms with van der Waals surface area (Å²) in [6, 6.07) is 22.8. The largest absolute Gasteiger partial charge is 0.345 e. The number of fused-ring (bicyclic) bond motifs is 2. The fourth-order valence-corrected chi connectivity index (χ4v) is 6.42. The van der Waals surface area contributed by atoms with E-state index in [9.17, 15) is 14.9 Å². The van der Waals surface area contributed by atoms with Gasteiger partial charge in [-0.05, 0) is 30.3 Å². The van der Waals surface area contributed by atoms with Crippen molar-refractivity contribution < 1.29 is 9.72 Å². The number of imidazole rings is 1. The average molecular weight is 531 g/mol. The molecule has 2 aromatic heterocycles. The van der Waals surface area contributed by atoms with Gasteiger partial charge in [0.25, 0.3) is 5.69 Å². The molecule has 0 bridgehead atoms. The zero-order valence-corrected chi connectivity index (χ0v) is 21.3. The van der Waals surface area contributed by atoms with Crippen molar-refractivity contribution in [2.75, 3.05) is 36.8 Å². The van der Waals surface area contributed by atoms with E-state index in [0.717, 1.165) is 37.2 Å². The second-order valence-electron chi connectivity index (χ2n) is 8.62. The van der Waals surface area contributed by atoms with Crippen LogP contribution in [0.25, 0.3) is 26.9 Å². The van der Waals surface area contributed by atoms with E-state index in [-0.39, 0.29) is 11.6 Å². The number of nitro groups is 1. The molecule has 6 rings (SSSR count). The van der Waals surface area contributed by atoms with Crippen LogP contribution in [-0.4, -0.2) is 62.2 Å². The van der Waals surface area contributed by atoms with Gasteiger partial charge in [0.2, 0.25) is 5.91 Å². The Morgan fingerprint density at radius 2 is 1.70 bits per heavy atom. The molecule has 0 radical (unpaired) electrons. The van der Waals surface area contributed by atoms with Crippen molar-refractivity contribution in [3.8, 4) is 5.69 Å². The van der Waals surface area contributed by atoms with Crippen LogP contribution in [0.1, 0.15) is 0 Å². The van der Waals surface area contributed by atoms with Gasteiger partial charge in [0, 0.05) is 44.0 Å². The number of carbonyl (C=O) groups is 1. The summed E-state index contributed by atoms with van der Waals surface area (Å²) in [6.45, 7) is 2.54. The first kappa shape index (κ1) is 23.4. The van der Waals surface area contributed by atoms with Crippen LogP contribution >= 0.6 is 23.1 Å². The second-order valence-corrected chi connectivity index (χ2v) is 10.6. The van der Waals surface area contributed by atoms with Gasteiger partial charge in [-0.15, -0.1) is 0 Å². The SMILES string of the molecule is O=C(CSc1nc2ccccc2n1-c1ccccc1)N1CCN(c2nc3ccc([N+](=O)[O-])cc3s2)CC1. The molecule has 3 heterocycles. The van der Waals surface area contributed by atoms with Crippen molar-refractivity contribution in [1.29, 1.82) is 0 Å². The topological polar surface area (TPSA) is 97.4 Å². The number of rotatable bonds is 6. The number of carbonyl (C=O) groups excluding carboxylic acids is 1. The number of piperazine rings is 1. The molecule has 0 aliphatic carbocycles. The normalized spacial score (nSPS) is 13.9. The van der Waals surface area contributed by atoms with E-state index >= 15 is 0 Å². The Balaban J connectivity index is 1.12. The van der Waals surface area contributed by atoms with Gasteiger partial charge >= 0.3 is 0 Å². The summed E-state index contributed by atoms with van der Waals surface area (Å²) in [4.78, 5) is 37.2. The summed E-state index contributed by atoms with van der Waals surface area (Å²) >= 11 is 2.90. The van der Waals surface area contributed by atoms with Gasteiger partial charge in [-0.25, -0.2) is 9.97 Å². The lowest BCUT2D eigenvalue weighted by Gasteiger charge is -2.34. The molecule has 3 aromatic carbocycles. The molecule has 0 N–H and O–H groups in total. The molecule has 0 spiro atoms. The minimum absolute atomic E-state index is 0.0661. The zero-order valence-electron chi connectivity index (χ0n) is 19.7. The van der Waals surface area contributed by atoms with Crippen LogP contribution in [0.3, 0.4) is 0 Å². The molecular weight excluding hydrogens is 508 g/mol. The van der Waals surface area contributed by atoms with Gasteiger partial charge in [-0.1, -0.05) is 53.4 Å². The fraction of sp³-hybridized carbons (Fsp3) is 0.192. The predicted molar refractivity (Wildman–Crippen MR) is 147 cm³/mol. The highest BCUT2D eigenvalue weighted by molar-refractivity contribution is 7.99. The minimum atomic E-state index is -0.393. The van der Waals surface area contributed by atoms with Crippen molar-refractivity contribution in [3.05, 3.63) is 82.9 Å². The molecule has 9 nitrogen and oxygen atoms in total. The third-order valence-electron chi connectivity index (χ3n) is 6.34. The maximum absolute atomic E-state index is 13.1. The standard InChI is InChI=1S/C26H22N6O3S2/c33-24(17-36-26-27-20-8-4-5-9-22(20)31(26)18-6-2-1-3-7-18)29-12-14-30(15-13-29)25-28-21-11-10-19(32(34)35)16-23(21)37-25/h1-11,16H,12-15,17H2. The zero-order chi connectivity index (χ0) is 25.4. The molecule has 186 valence electrons. The quantitative estimate of drug-likeness (QED) is 0.173. The Bertz CT molecular complexity index is 1610. The summed E-state index contributed by atoms with van der Waals surface area (Å²) in [7, 11) is 0. The van der Waals surface area contributed by atoms with Crippen LogP contribution in [0, 0.1) is 10.1 Å². The fourth-order valence-electron chi connectivity index (χ4n) is 4.44. The summed E-state index contributed by atoms with van der Waals surface area (Å²) in [6.07, 6.45) is 0. The summed E-state index contributed by atoms with van der Waals surface area (Å²) in [5, 5.41) is 12.7. The molecule has 0 atom stereocenters. The van der Waals surface area contributed by atoms with Crippen LogP contribution in [0.15, 0.2) is 78.0 Å². The summed E-state index contributed by atoms with van der Waals surface area (Å²) < 4.78 is 2.89. The van der Waals surface area contributed by atoms with Gasteiger partial charge < -0.3 is 9.80 Å². The van der Waals surface area contributed by atoms with E-state index in [2.05, 4.69) is 14.5 Å². The number of aromatic nitrogens is 3. The molecule has 1 saturated heterocycles. The van der Waals surface area contributed by atoms with E-state index in [1.165, 1.54) is 29.2 Å². The molecule has 11 heteroatoms. The number of amides is 1. The maximum Gasteiger partial charge on any atom is 0.270 e. The Hall–Kier alpha value is -3.96. The smallest absolute Gasteiger partial charge is 0.270 e. The van der Waals surface area contributed by atoms with Crippen LogP contribution in [-0.2, 0) is 4.79 Å². The van der Waals surface area contributed by atoms with E-state index in [0.29, 0.717) is 31.9 Å². The predicted octanol–water partition coefficient (Wildman–Crippen LogP) is 4.98. The summed E-state index contributed by atoms with van der Waals surface area (Å²) in [5.74, 6) is 0.386. The number of hydrogen-bond donors (Lipinski definition) is 0. The van der Waals surface area contributed by atoms with Crippen molar-refractivity contribution in [2.24, 2.45) is 0 Å². The number of hydrogen-bond acceptors (Lipinski definition) is 8. The van der Waals surface area contributed by atoms with Crippen molar-refractivity contribution >= 4 is 61.1 Å². The molecule has 1 aliphatic rings. The Labute approximate surface area is 220 Å². The Kier molecular flexibility index (Phi) is 6.23. The third-order valence-corrected chi connectivity index (χ3v) is 8.35. The lowest BCUT2D eigenvalue weighted by atomic mass is 10.3. The first-order valence-electron chi connectivity index (χ1n) is 11.8.